The zero-order valence-electron chi connectivity index (χ0n) is 19.1. The minimum atomic E-state index is -0.117. The first-order valence-electron chi connectivity index (χ1n) is 11.1. The van der Waals surface area contributed by atoms with Crippen LogP contribution in [0.1, 0.15) is 23.7 Å². The Labute approximate surface area is 209 Å². The van der Waals surface area contributed by atoms with Crippen molar-refractivity contribution < 1.29 is 9.53 Å². The molecule has 0 spiro atoms. The summed E-state index contributed by atoms with van der Waals surface area (Å²) in [4.78, 5) is 17.1. The average molecular weight is 496 g/mol. The van der Waals surface area contributed by atoms with Gasteiger partial charge in [-0.2, -0.15) is 0 Å². The van der Waals surface area contributed by atoms with Crippen molar-refractivity contribution in [3.8, 4) is 0 Å². The number of aromatic nitrogens is 1. The summed E-state index contributed by atoms with van der Waals surface area (Å²) in [6, 6.07) is 13.3. The minimum absolute atomic E-state index is 0.117. The summed E-state index contributed by atoms with van der Waals surface area (Å²) in [5, 5.41) is 5.64. The number of aromatic amines is 1. The van der Waals surface area contributed by atoms with Crippen LogP contribution >= 0.6 is 23.2 Å². The second kappa shape index (κ2) is 10.9. The smallest absolute Gasteiger partial charge is 0.210 e. The lowest BCUT2D eigenvalue weighted by Gasteiger charge is -2.34. The molecule has 2 heterocycles. The molecule has 0 saturated heterocycles. The quantitative estimate of drug-likeness (QED) is 0.397. The van der Waals surface area contributed by atoms with Crippen molar-refractivity contribution in [2.24, 2.45) is 0 Å². The average Bonchev–Trinajstić information content (AvgIpc) is 3.05. The summed E-state index contributed by atoms with van der Waals surface area (Å²) in [7, 11) is 3.54. The van der Waals surface area contributed by atoms with Gasteiger partial charge >= 0.3 is 0 Å². The maximum atomic E-state index is 11.7. The number of H-pyrrole nitrogens is 1. The lowest BCUT2D eigenvalue weighted by molar-refractivity contribution is -0.120. The minimum Gasteiger partial charge on any atom is -0.497 e. The van der Waals surface area contributed by atoms with Crippen LogP contribution in [0.3, 0.4) is 0 Å². The molecule has 3 aromatic rings. The molecule has 5 nitrogen and oxygen atoms in total. The van der Waals surface area contributed by atoms with Crippen LogP contribution in [0, 0.1) is 0 Å². The zero-order valence-corrected chi connectivity index (χ0v) is 20.7. The van der Waals surface area contributed by atoms with Crippen LogP contribution in [0.25, 0.3) is 10.9 Å². The summed E-state index contributed by atoms with van der Waals surface area (Å²) in [6.07, 6.45) is 10.7. The summed E-state index contributed by atoms with van der Waals surface area (Å²) in [6.45, 7) is 0.691. The SMILES string of the molecule is CNc1ccc(Cl)cc1.COC1=CCC=C(C2c3[nH]c4ccc(Cl)cc4c3CCN2C=O)C=C1. The van der Waals surface area contributed by atoms with Crippen molar-refractivity contribution in [3.63, 3.8) is 0 Å². The normalized spacial score (nSPS) is 17.1. The van der Waals surface area contributed by atoms with Crippen molar-refractivity contribution in [1.82, 2.24) is 9.88 Å². The Morgan fingerprint density at radius 2 is 1.85 bits per heavy atom. The molecular formula is C27H27Cl2N3O2. The van der Waals surface area contributed by atoms with Crippen molar-refractivity contribution >= 4 is 46.2 Å². The molecule has 34 heavy (non-hydrogen) atoms. The maximum Gasteiger partial charge on any atom is 0.210 e. The van der Waals surface area contributed by atoms with E-state index in [2.05, 4.69) is 16.4 Å². The molecule has 1 aliphatic carbocycles. The number of rotatable bonds is 4. The number of anilines is 1. The van der Waals surface area contributed by atoms with Gasteiger partial charge in [0.2, 0.25) is 6.41 Å². The van der Waals surface area contributed by atoms with Crippen molar-refractivity contribution in [1.29, 1.82) is 0 Å². The summed E-state index contributed by atoms with van der Waals surface area (Å²) < 4.78 is 5.33. The molecule has 0 bridgehead atoms. The number of benzene rings is 2. The number of ether oxygens (including phenoxy) is 1. The molecule has 0 saturated carbocycles. The fourth-order valence-corrected chi connectivity index (χ4v) is 4.65. The van der Waals surface area contributed by atoms with Gasteiger partial charge in [-0.05, 0) is 78.6 Å². The molecule has 0 fully saturated rings. The predicted molar refractivity (Wildman–Crippen MR) is 140 cm³/mol. The van der Waals surface area contributed by atoms with Crippen molar-refractivity contribution in [2.45, 2.75) is 18.9 Å². The molecule has 2 aromatic carbocycles. The van der Waals surface area contributed by atoms with Gasteiger partial charge < -0.3 is 19.9 Å². The molecule has 5 rings (SSSR count). The Morgan fingerprint density at radius 1 is 1.09 bits per heavy atom. The first kappa shape index (κ1) is 24.0. The van der Waals surface area contributed by atoms with Gasteiger partial charge in [-0.3, -0.25) is 4.79 Å². The van der Waals surface area contributed by atoms with E-state index in [9.17, 15) is 4.79 Å². The number of fused-ring (bicyclic) bond motifs is 3. The maximum absolute atomic E-state index is 11.7. The van der Waals surface area contributed by atoms with Gasteiger partial charge in [0.1, 0.15) is 5.76 Å². The van der Waals surface area contributed by atoms with Gasteiger partial charge in [0, 0.05) is 45.9 Å². The summed E-state index contributed by atoms with van der Waals surface area (Å²) >= 11 is 11.8. The topological polar surface area (TPSA) is 57.4 Å². The van der Waals surface area contributed by atoms with Crippen LogP contribution in [0.2, 0.25) is 10.0 Å². The molecule has 2 aliphatic rings. The Bertz CT molecular complexity index is 1260. The van der Waals surface area contributed by atoms with Crippen LogP contribution in [0.15, 0.2) is 78.1 Å². The standard InChI is InChI=1S/C20H19ClN2O2.C7H8ClN/c1-25-15-4-2-3-13(5-7-15)20-19-16(9-10-23(20)12-24)17-11-14(21)6-8-18(17)22-19;1-9-7-4-2-6(8)3-5-7/h3-8,11-12,20,22H,2,9-10H2,1H3;2-5,9H,1H3. The lowest BCUT2D eigenvalue weighted by atomic mass is 9.92. The van der Waals surface area contributed by atoms with E-state index in [-0.39, 0.29) is 6.04 Å². The molecule has 2 N–H and O–H groups in total. The zero-order chi connectivity index (χ0) is 24.1. The molecule has 1 unspecified atom stereocenters. The van der Waals surface area contributed by atoms with E-state index in [4.69, 9.17) is 27.9 Å². The van der Waals surface area contributed by atoms with Gasteiger partial charge in [-0.15, -0.1) is 0 Å². The third-order valence-corrected chi connectivity index (χ3v) is 6.55. The largest absolute Gasteiger partial charge is 0.497 e. The molecule has 7 heteroatoms. The van der Waals surface area contributed by atoms with Gasteiger partial charge in [-0.1, -0.05) is 35.4 Å². The molecular weight excluding hydrogens is 469 g/mol. The molecule has 1 aliphatic heterocycles. The highest BCUT2D eigenvalue weighted by molar-refractivity contribution is 6.31. The third-order valence-electron chi connectivity index (χ3n) is 6.06. The molecule has 1 atom stereocenters. The Balaban J connectivity index is 0.000000257. The van der Waals surface area contributed by atoms with Crippen LogP contribution in [0.4, 0.5) is 5.69 Å². The predicted octanol–water partition coefficient (Wildman–Crippen LogP) is 6.68. The van der Waals surface area contributed by atoms with Crippen LogP contribution in [-0.4, -0.2) is 37.0 Å². The number of nitrogens with zero attached hydrogens (tertiary/aromatic N) is 1. The van der Waals surface area contributed by atoms with Crippen LogP contribution in [-0.2, 0) is 16.0 Å². The number of nitrogens with one attached hydrogen (secondary N) is 2. The first-order chi connectivity index (χ1) is 16.5. The van der Waals surface area contributed by atoms with Gasteiger partial charge in [-0.25, -0.2) is 0 Å². The summed E-state index contributed by atoms with van der Waals surface area (Å²) in [5.41, 5.74) is 5.56. The van der Waals surface area contributed by atoms with E-state index < -0.39 is 0 Å². The Hall–Kier alpha value is -3.15. The Kier molecular flexibility index (Phi) is 7.66. The second-order valence-electron chi connectivity index (χ2n) is 8.04. The number of hydrogen-bond acceptors (Lipinski definition) is 3. The van der Waals surface area contributed by atoms with Gasteiger partial charge in [0.05, 0.1) is 13.2 Å². The molecule has 1 aromatic heterocycles. The third kappa shape index (κ3) is 5.16. The highest BCUT2D eigenvalue weighted by atomic mass is 35.5. The van der Waals surface area contributed by atoms with E-state index in [1.165, 1.54) is 5.56 Å². The van der Waals surface area contributed by atoms with E-state index in [1.54, 1.807) is 7.11 Å². The van der Waals surface area contributed by atoms with Crippen LogP contribution in [0.5, 0.6) is 0 Å². The number of allylic oxidation sites excluding steroid dienone is 3. The Morgan fingerprint density at radius 3 is 2.56 bits per heavy atom. The first-order valence-corrected chi connectivity index (χ1v) is 11.9. The van der Waals surface area contributed by atoms with E-state index in [1.807, 2.05) is 72.6 Å². The fraction of sp³-hybridized carbons (Fsp3) is 0.222. The van der Waals surface area contributed by atoms with Gasteiger partial charge in [0.15, 0.2) is 0 Å². The highest BCUT2D eigenvalue weighted by Crippen LogP contribution is 2.39. The summed E-state index contributed by atoms with van der Waals surface area (Å²) in [5.74, 6) is 0.836. The molecule has 0 radical (unpaired) electrons. The number of carbonyl (C=O) groups is 1. The molecule has 176 valence electrons. The highest BCUT2D eigenvalue weighted by Gasteiger charge is 2.31. The number of halogens is 2. The fourth-order valence-electron chi connectivity index (χ4n) is 4.35. The lowest BCUT2D eigenvalue weighted by Crippen LogP contribution is -2.35. The van der Waals surface area contributed by atoms with Crippen LogP contribution < -0.4 is 5.32 Å². The van der Waals surface area contributed by atoms with Crippen molar-refractivity contribution in [3.05, 3.63) is 99.4 Å². The number of methoxy groups -OCH3 is 1. The second-order valence-corrected chi connectivity index (χ2v) is 8.92. The monoisotopic (exact) mass is 495 g/mol. The van der Waals surface area contributed by atoms with E-state index in [0.717, 1.165) is 62.9 Å². The van der Waals surface area contributed by atoms with E-state index >= 15 is 0 Å². The van der Waals surface area contributed by atoms with Gasteiger partial charge in [0.25, 0.3) is 0 Å². The van der Waals surface area contributed by atoms with Crippen molar-refractivity contribution in [2.75, 3.05) is 26.0 Å². The number of hydrogen-bond donors (Lipinski definition) is 2. The number of amides is 1. The number of carbonyl (C=O) groups excluding carboxylic acids is 1. The van der Waals surface area contributed by atoms with E-state index in [0.29, 0.717) is 6.54 Å². The molecule has 1 amide bonds.